The Labute approximate surface area is 106 Å². The van der Waals surface area contributed by atoms with Crippen LogP contribution in [0.2, 0.25) is 0 Å². The van der Waals surface area contributed by atoms with Crippen LogP contribution in [0.4, 0.5) is 10.5 Å². The van der Waals surface area contributed by atoms with Gasteiger partial charge in [0.15, 0.2) is 0 Å². The molecule has 0 saturated carbocycles. The molecule has 0 radical (unpaired) electrons. The van der Waals surface area contributed by atoms with E-state index in [1.807, 2.05) is 0 Å². The zero-order valence-electron chi connectivity index (χ0n) is 10.1. The monoisotopic (exact) mass is 252 g/mol. The lowest BCUT2D eigenvalue weighted by atomic mass is 10.2. The molecule has 5 heteroatoms. The topological polar surface area (TPSA) is 64.3 Å². The van der Waals surface area contributed by atoms with E-state index < -0.39 is 11.7 Å². The molecule has 0 unspecified atom stereocenters. The van der Waals surface area contributed by atoms with Crippen LogP contribution in [0.25, 0.3) is 0 Å². The Hall–Kier alpha value is -1.62. The predicted molar refractivity (Wildman–Crippen MR) is 72.2 cm³/mol. The molecular formula is C12H16N2O2S. The van der Waals surface area contributed by atoms with Gasteiger partial charge in [-0.25, -0.2) is 4.79 Å². The number of rotatable bonds is 2. The molecule has 4 nitrogen and oxygen atoms in total. The third-order valence-corrected chi connectivity index (χ3v) is 2.03. The van der Waals surface area contributed by atoms with Gasteiger partial charge in [-0.05, 0) is 32.9 Å². The largest absolute Gasteiger partial charge is 0.444 e. The van der Waals surface area contributed by atoms with Crippen LogP contribution in [0.15, 0.2) is 24.3 Å². The second kappa shape index (κ2) is 5.14. The van der Waals surface area contributed by atoms with E-state index in [1.54, 1.807) is 45.0 Å². The summed E-state index contributed by atoms with van der Waals surface area (Å²) in [6, 6.07) is 6.99. The van der Waals surface area contributed by atoms with Crippen LogP contribution in [0, 0.1) is 0 Å². The normalized spacial score (nSPS) is 10.8. The average molecular weight is 252 g/mol. The van der Waals surface area contributed by atoms with Crippen LogP contribution in [0.1, 0.15) is 26.3 Å². The number of carbonyl (C=O) groups is 1. The Morgan fingerprint density at radius 1 is 1.41 bits per heavy atom. The van der Waals surface area contributed by atoms with Gasteiger partial charge in [0.2, 0.25) is 0 Å². The lowest BCUT2D eigenvalue weighted by molar-refractivity contribution is 0.0636. The Morgan fingerprint density at radius 3 is 2.59 bits per heavy atom. The van der Waals surface area contributed by atoms with Gasteiger partial charge in [0, 0.05) is 11.3 Å². The van der Waals surface area contributed by atoms with Crippen LogP contribution >= 0.6 is 12.2 Å². The highest BCUT2D eigenvalue weighted by molar-refractivity contribution is 7.80. The van der Waals surface area contributed by atoms with Crippen LogP contribution in [0.3, 0.4) is 0 Å². The van der Waals surface area contributed by atoms with Crippen molar-refractivity contribution in [2.45, 2.75) is 26.4 Å². The number of nitrogens with two attached hydrogens (primary N) is 1. The van der Waals surface area contributed by atoms with E-state index in [4.69, 9.17) is 22.7 Å². The molecule has 0 atom stereocenters. The van der Waals surface area contributed by atoms with E-state index >= 15 is 0 Å². The third kappa shape index (κ3) is 4.82. The first-order chi connectivity index (χ1) is 7.78. The molecule has 1 aromatic rings. The third-order valence-electron chi connectivity index (χ3n) is 1.79. The number of nitrogens with one attached hydrogen (secondary N) is 1. The summed E-state index contributed by atoms with van der Waals surface area (Å²) < 4.78 is 5.13. The Morgan fingerprint density at radius 2 is 2.06 bits per heavy atom. The molecule has 0 bridgehead atoms. The molecule has 17 heavy (non-hydrogen) atoms. The van der Waals surface area contributed by atoms with Crippen molar-refractivity contribution in [1.29, 1.82) is 0 Å². The van der Waals surface area contributed by atoms with E-state index in [2.05, 4.69) is 5.32 Å². The molecule has 1 amide bonds. The smallest absolute Gasteiger partial charge is 0.412 e. The van der Waals surface area contributed by atoms with E-state index in [1.165, 1.54) is 0 Å². The van der Waals surface area contributed by atoms with Crippen LogP contribution in [0.5, 0.6) is 0 Å². The summed E-state index contributed by atoms with van der Waals surface area (Å²) in [5.41, 5.74) is 6.28. The fourth-order valence-corrected chi connectivity index (χ4v) is 1.30. The van der Waals surface area contributed by atoms with E-state index in [-0.39, 0.29) is 4.99 Å². The number of carbonyl (C=O) groups excluding carboxylic acids is 1. The average Bonchev–Trinajstić information content (AvgIpc) is 2.14. The summed E-state index contributed by atoms with van der Waals surface area (Å²) in [6.07, 6.45) is -0.502. The van der Waals surface area contributed by atoms with Crippen LogP contribution in [-0.4, -0.2) is 16.7 Å². The SMILES string of the molecule is CC(C)(C)OC(=O)Nc1cccc(C(N)=S)c1. The molecule has 1 rings (SSSR count). The highest BCUT2D eigenvalue weighted by Gasteiger charge is 2.16. The lowest BCUT2D eigenvalue weighted by Crippen LogP contribution is -2.27. The fraction of sp³-hybridized carbons (Fsp3) is 0.333. The number of amides is 1. The van der Waals surface area contributed by atoms with Gasteiger partial charge in [-0.1, -0.05) is 24.4 Å². The molecule has 0 spiro atoms. The van der Waals surface area contributed by atoms with Gasteiger partial charge < -0.3 is 10.5 Å². The van der Waals surface area contributed by atoms with Gasteiger partial charge >= 0.3 is 6.09 Å². The molecule has 0 saturated heterocycles. The zero-order chi connectivity index (χ0) is 13.1. The molecule has 1 aromatic carbocycles. The van der Waals surface area contributed by atoms with Crippen molar-refractivity contribution in [1.82, 2.24) is 0 Å². The van der Waals surface area contributed by atoms with Crippen molar-refractivity contribution < 1.29 is 9.53 Å². The van der Waals surface area contributed by atoms with Crippen LogP contribution in [-0.2, 0) is 4.74 Å². The summed E-state index contributed by atoms with van der Waals surface area (Å²) in [4.78, 5) is 11.8. The second-order valence-corrected chi connectivity index (χ2v) is 5.01. The quantitative estimate of drug-likeness (QED) is 0.794. The minimum Gasteiger partial charge on any atom is -0.444 e. The predicted octanol–water partition coefficient (Wildman–Crippen LogP) is 2.67. The first-order valence-corrected chi connectivity index (χ1v) is 5.58. The number of thiocarbonyl (C=S) groups is 1. The molecule has 92 valence electrons. The lowest BCUT2D eigenvalue weighted by Gasteiger charge is -2.19. The number of hydrogen-bond acceptors (Lipinski definition) is 3. The molecule has 0 fully saturated rings. The van der Waals surface area contributed by atoms with Crippen molar-refractivity contribution in [3.8, 4) is 0 Å². The van der Waals surface area contributed by atoms with Crippen molar-refractivity contribution in [3.63, 3.8) is 0 Å². The van der Waals surface area contributed by atoms with E-state index in [9.17, 15) is 4.79 Å². The van der Waals surface area contributed by atoms with Crippen molar-refractivity contribution in [2.75, 3.05) is 5.32 Å². The minimum absolute atomic E-state index is 0.290. The molecule has 0 aliphatic heterocycles. The molecule has 0 aromatic heterocycles. The molecule has 0 aliphatic carbocycles. The summed E-state index contributed by atoms with van der Waals surface area (Å²) in [6.45, 7) is 5.41. The summed E-state index contributed by atoms with van der Waals surface area (Å²) in [7, 11) is 0. The Kier molecular flexibility index (Phi) is 4.07. The number of anilines is 1. The van der Waals surface area contributed by atoms with E-state index in [0.717, 1.165) is 0 Å². The number of hydrogen-bond donors (Lipinski definition) is 2. The molecule has 0 aliphatic rings. The highest BCUT2D eigenvalue weighted by Crippen LogP contribution is 2.13. The summed E-state index contributed by atoms with van der Waals surface area (Å²) in [5, 5.41) is 2.62. The molecular weight excluding hydrogens is 236 g/mol. The van der Waals surface area contributed by atoms with Crippen molar-refractivity contribution in [2.24, 2.45) is 5.73 Å². The Bertz CT molecular complexity index is 438. The fourth-order valence-electron chi connectivity index (χ4n) is 1.17. The number of ether oxygens (including phenoxy) is 1. The van der Waals surface area contributed by atoms with Gasteiger partial charge in [0.05, 0.1) is 0 Å². The van der Waals surface area contributed by atoms with Crippen molar-refractivity contribution >= 4 is 29.0 Å². The maximum Gasteiger partial charge on any atom is 0.412 e. The number of benzene rings is 1. The highest BCUT2D eigenvalue weighted by atomic mass is 32.1. The summed E-state index contributed by atoms with van der Waals surface area (Å²) >= 11 is 4.86. The zero-order valence-corrected chi connectivity index (χ0v) is 10.9. The second-order valence-electron chi connectivity index (χ2n) is 4.57. The molecule has 3 N–H and O–H groups in total. The molecule has 0 heterocycles. The van der Waals surface area contributed by atoms with Crippen molar-refractivity contribution in [3.05, 3.63) is 29.8 Å². The van der Waals surface area contributed by atoms with Gasteiger partial charge in [-0.15, -0.1) is 0 Å². The van der Waals surface area contributed by atoms with E-state index in [0.29, 0.717) is 11.3 Å². The van der Waals surface area contributed by atoms with Crippen LogP contribution < -0.4 is 11.1 Å². The van der Waals surface area contributed by atoms with Gasteiger partial charge in [-0.3, -0.25) is 5.32 Å². The minimum atomic E-state index is -0.523. The summed E-state index contributed by atoms with van der Waals surface area (Å²) in [5.74, 6) is 0. The standard InChI is InChI=1S/C12H16N2O2S/c1-12(2,3)16-11(15)14-9-6-4-5-8(7-9)10(13)17/h4-7H,1-3H3,(H2,13,17)(H,14,15). The maximum atomic E-state index is 11.5. The maximum absolute atomic E-state index is 11.5. The van der Waals surface area contributed by atoms with Gasteiger partial charge in [0.25, 0.3) is 0 Å². The Balaban J connectivity index is 2.72. The van der Waals surface area contributed by atoms with Gasteiger partial charge in [-0.2, -0.15) is 0 Å². The first kappa shape index (κ1) is 13.4. The van der Waals surface area contributed by atoms with Gasteiger partial charge in [0.1, 0.15) is 10.6 Å². The first-order valence-electron chi connectivity index (χ1n) is 5.18.